The molecular weight excluding hydrogens is 190 g/mol. The molecule has 0 spiro atoms. The van der Waals surface area contributed by atoms with Gasteiger partial charge in [-0.2, -0.15) is 10.5 Å². The van der Waals surface area contributed by atoms with Gasteiger partial charge in [0.1, 0.15) is 17.8 Å². The van der Waals surface area contributed by atoms with Crippen LogP contribution in [0.4, 0.5) is 0 Å². The molecule has 0 fully saturated rings. The quantitative estimate of drug-likeness (QED) is 0.680. The highest BCUT2D eigenvalue weighted by Crippen LogP contribution is 2.10. The summed E-state index contributed by atoms with van der Waals surface area (Å²) in [5.74, 6) is 0.282. The van der Waals surface area contributed by atoms with Gasteiger partial charge in [0.05, 0.1) is 5.69 Å². The topological polar surface area (TPSA) is 78.3 Å². The SMILES string of the molecule is N#Cc1cc(-n2ccnc2C#N)ccn1. The van der Waals surface area contributed by atoms with Gasteiger partial charge in [0.25, 0.3) is 0 Å². The lowest BCUT2D eigenvalue weighted by molar-refractivity contribution is 1.01. The van der Waals surface area contributed by atoms with Crippen LogP contribution in [0.5, 0.6) is 0 Å². The largest absolute Gasteiger partial charge is 0.291 e. The van der Waals surface area contributed by atoms with Crippen molar-refractivity contribution in [2.24, 2.45) is 0 Å². The highest BCUT2D eigenvalue weighted by atomic mass is 15.1. The van der Waals surface area contributed by atoms with E-state index in [1.54, 1.807) is 22.9 Å². The van der Waals surface area contributed by atoms with Gasteiger partial charge in [-0.05, 0) is 12.1 Å². The highest BCUT2D eigenvalue weighted by molar-refractivity contribution is 5.39. The smallest absolute Gasteiger partial charge is 0.217 e. The summed E-state index contributed by atoms with van der Waals surface area (Å²) in [7, 11) is 0. The standard InChI is InChI=1S/C10H5N5/c11-6-8-5-9(1-2-13-8)15-4-3-14-10(15)7-12/h1-5H. The summed E-state index contributed by atoms with van der Waals surface area (Å²) >= 11 is 0. The molecule has 0 saturated heterocycles. The third-order valence-electron chi connectivity index (χ3n) is 1.88. The Hall–Kier alpha value is -2.66. The average Bonchev–Trinajstić information content (AvgIpc) is 2.77. The van der Waals surface area contributed by atoms with E-state index in [4.69, 9.17) is 10.5 Å². The third kappa shape index (κ3) is 1.54. The molecule has 5 heteroatoms. The van der Waals surface area contributed by atoms with E-state index in [0.717, 1.165) is 0 Å². The lowest BCUT2D eigenvalue weighted by Gasteiger charge is -2.02. The zero-order chi connectivity index (χ0) is 10.7. The van der Waals surface area contributed by atoms with Crippen molar-refractivity contribution in [2.45, 2.75) is 0 Å². The van der Waals surface area contributed by atoms with Crippen molar-refractivity contribution in [1.29, 1.82) is 10.5 Å². The Labute approximate surface area is 85.9 Å². The Morgan fingerprint density at radius 3 is 2.73 bits per heavy atom. The van der Waals surface area contributed by atoms with Gasteiger partial charge >= 0.3 is 0 Å². The van der Waals surface area contributed by atoms with Crippen molar-refractivity contribution in [3.8, 4) is 17.8 Å². The molecule has 0 aliphatic carbocycles. The van der Waals surface area contributed by atoms with E-state index in [1.165, 1.54) is 12.4 Å². The van der Waals surface area contributed by atoms with E-state index in [-0.39, 0.29) is 5.82 Å². The second-order valence-corrected chi connectivity index (χ2v) is 2.74. The molecule has 0 radical (unpaired) electrons. The van der Waals surface area contributed by atoms with Crippen molar-refractivity contribution in [3.05, 3.63) is 42.2 Å². The summed E-state index contributed by atoms with van der Waals surface area (Å²) in [6, 6.07) is 7.21. The number of hydrogen-bond acceptors (Lipinski definition) is 4. The van der Waals surface area contributed by atoms with E-state index in [1.807, 2.05) is 12.1 Å². The monoisotopic (exact) mass is 195 g/mol. The average molecular weight is 195 g/mol. The minimum Gasteiger partial charge on any atom is -0.291 e. The van der Waals surface area contributed by atoms with Gasteiger partial charge in [-0.1, -0.05) is 0 Å². The van der Waals surface area contributed by atoms with Gasteiger partial charge in [0.15, 0.2) is 0 Å². The van der Waals surface area contributed by atoms with Crippen molar-refractivity contribution in [3.63, 3.8) is 0 Å². The third-order valence-corrected chi connectivity index (χ3v) is 1.88. The van der Waals surface area contributed by atoms with Crippen LogP contribution in [0.25, 0.3) is 5.69 Å². The lowest BCUT2D eigenvalue weighted by atomic mass is 10.3. The van der Waals surface area contributed by atoms with Crippen molar-refractivity contribution in [1.82, 2.24) is 14.5 Å². The summed E-state index contributed by atoms with van der Waals surface area (Å²) in [6.45, 7) is 0. The molecule has 0 aromatic carbocycles. The molecule has 0 saturated carbocycles. The molecule has 70 valence electrons. The van der Waals surface area contributed by atoms with Crippen LogP contribution in [0.2, 0.25) is 0 Å². The summed E-state index contributed by atoms with van der Waals surface area (Å²) in [4.78, 5) is 7.71. The Morgan fingerprint density at radius 2 is 2.00 bits per heavy atom. The van der Waals surface area contributed by atoms with Crippen LogP contribution in [-0.4, -0.2) is 14.5 Å². The van der Waals surface area contributed by atoms with Gasteiger partial charge in [-0.25, -0.2) is 9.97 Å². The Morgan fingerprint density at radius 1 is 1.13 bits per heavy atom. The Kier molecular flexibility index (Phi) is 2.14. The molecule has 2 aromatic heterocycles. The minimum atomic E-state index is 0.282. The predicted molar refractivity (Wildman–Crippen MR) is 50.8 cm³/mol. The number of nitrogens with zero attached hydrogens (tertiary/aromatic N) is 5. The maximum Gasteiger partial charge on any atom is 0.217 e. The van der Waals surface area contributed by atoms with E-state index in [9.17, 15) is 0 Å². The summed E-state index contributed by atoms with van der Waals surface area (Å²) in [5, 5.41) is 17.5. The van der Waals surface area contributed by atoms with E-state index in [0.29, 0.717) is 11.4 Å². The molecular formula is C10H5N5. The van der Waals surface area contributed by atoms with E-state index >= 15 is 0 Å². The van der Waals surface area contributed by atoms with Crippen LogP contribution in [0.3, 0.4) is 0 Å². The molecule has 0 unspecified atom stereocenters. The fourth-order valence-corrected chi connectivity index (χ4v) is 1.22. The van der Waals surface area contributed by atoms with Crippen LogP contribution in [0.15, 0.2) is 30.7 Å². The maximum absolute atomic E-state index is 8.78. The van der Waals surface area contributed by atoms with Crippen LogP contribution < -0.4 is 0 Å². The second-order valence-electron chi connectivity index (χ2n) is 2.74. The van der Waals surface area contributed by atoms with Crippen LogP contribution in [-0.2, 0) is 0 Å². The van der Waals surface area contributed by atoms with Gasteiger partial charge in [0, 0.05) is 18.6 Å². The molecule has 0 aliphatic heterocycles. The zero-order valence-electron chi connectivity index (χ0n) is 7.62. The molecule has 0 amide bonds. The molecule has 15 heavy (non-hydrogen) atoms. The van der Waals surface area contributed by atoms with Crippen molar-refractivity contribution < 1.29 is 0 Å². The van der Waals surface area contributed by atoms with Gasteiger partial charge in [0.2, 0.25) is 5.82 Å². The number of rotatable bonds is 1. The maximum atomic E-state index is 8.78. The molecule has 2 heterocycles. The fourth-order valence-electron chi connectivity index (χ4n) is 1.22. The summed E-state index contributed by atoms with van der Waals surface area (Å²) in [6.07, 6.45) is 4.72. The molecule has 2 aromatic rings. The van der Waals surface area contributed by atoms with Crippen LogP contribution >= 0.6 is 0 Å². The zero-order valence-corrected chi connectivity index (χ0v) is 7.62. The first-order valence-electron chi connectivity index (χ1n) is 4.15. The normalized spacial score (nSPS) is 9.20. The van der Waals surface area contributed by atoms with Crippen LogP contribution in [0, 0.1) is 22.7 Å². The Bertz CT molecular complexity index is 570. The highest BCUT2D eigenvalue weighted by Gasteiger charge is 2.04. The minimum absolute atomic E-state index is 0.282. The number of imidazole rings is 1. The lowest BCUT2D eigenvalue weighted by Crippen LogP contribution is -1.97. The Balaban J connectivity index is 2.56. The summed E-state index contributed by atoms with van der Waals surface area (Å²) in [5.41, 5.74) is 1.01. The molecule has 5 nitrogen and oxygen atoms in total. The number of nitriles is 2. The molecule has 0 atom stereocenters. The fraction of sp³-hybridized carbons (Fsp3) is 0. The van der Waals surface area contributed by atoms with Gasteiger partial charge in [-0.15, -0.1) is 0 Å². The van der Waals surface area contributed by atoms with Crippen molar-refractivity contribution >= 4 is 0 Å². The number of pyridine rings is 1. The molecule has 0 bridgehead atoms. The predicted octanol–water partition coefficient (Wildman–Crippen LogP) is 1.01. The van der Waals surface area contributed by atoms with Crippen LogP contribution in [0.1, 0.15) is 11.5 Å². The van der Waals surface area contributed by atoms with E-state index < -0.39 is 0 Å². The van der Waals surface area contributed by atoms with E-state index in [2.05, 4.69) is 9.97 Å². The summed E-state index contributed by atoms with van der Waals surface area (Å²) < 4.78 is 1.60. The van der Waals surface area contributed by atoms with Gasteiger partial charge in [-0.3, -0.25) is 4.57 Å². The number of aromatic nitrogens is 3. The number of hydrogen-bond donors (Lipinski definition) is 0. The second kappa shape index (κ2) is 3.60. The molecule has 0 aliphatic rings. The van der Waals surface area contributed by atoms with Gasteiger partial charge < -0.3 is 0 Å². The first-order chi connectivity index (χ1) is 7.35. The first kappa shape index (κ1) is 8.92. The van der Waals surface area contributed by atoms with Crippen molar-refractivity contribution in [2.75, 3.05) is 0 Å². The molecule has 0 N–H and O–H groups in total. The first-order valence-corrected chi connectivity index (χ1v) is 4.15. The molecule has 2 rings (SSSR count).